The van der Waals surface area contributed by atoms with Crippen molar-refractivity contribution < 1.29 is 19.1 Å². The van der Waals surface area contributed by atoms with Crippen molar-refractivity contribution in [3.05, 3.63) is 101 Å². The fourth-order valence-corrected chi connectivity index (χ4v) is 5.10. The third kappa shape index (κ3) is 4.17. The number of aromatic nitrogens is 1. The van der Waals surface area contributed by atoms with Crippen molar-refractivity contribution in [2.24, 2.45) is 0 Å². The van der Waals surface area contributed by atoms with Crippen LogP contribution in [0.2, 0.25) is 0 Å². The Balaban J connectivity index is 1.49. The molecule has 0 bridgehead atoms. The number of rotatable bonds is 3. The van der Waals surface area contributed by atoms with Crippen molar-refractivity contribution in [1.82, 2.24) is 9.88 Å². The molecule has 6 rings (SSSR count). The standard InChI is InChI=1S/C31H25N3O4/c1-20(35)34-28-10-6-5-9-24(28)30(36)29(34)19-23-18-25(21-7-3-2-4-8-21)26-17-22(11-12-27(26)32-23)31(37)33-13-15-38-16-14-33/h2-12,17-19H,13-16H2,1H3/b29-19-. The fraction of sp³-hybridized carbons (Fsp3) is 0.161. The molecule has 0 N–H and O–H groups in total. The highest BCUT2D eigenvalue weighted by molar-refractivity contribution is 6.26. The Labute approximate surface area is 220 Å². The number of nitrogens with zero attached hydrogens (tertiary/aromatic N) is 3. The second-order valence-electron chi connectivity index (χ2n) is 9.33. The maximum Gasteiger partial charge on any atom is 0.254 e. The van der Waals surface area contributed by atoms with Gasteiger partial charge >= 0.3 is 0 Å². The number of Topliss-reactive ketones (excluding diaryl/α,β-unsaturated/α-hetero) is 1. The number of benzene rings is 3. The molecule has 1 fully saturated rings. The molecule has 0 spiro atoms. The number of hydrogen-bond donors (Lipinski definition) is 0. The lowest BCUT2D eigenvalue weighted by Crippen LogP contribution is -2.40. The summed E-state index contributed by atoms with van der Waals surface area (Å²) in [5.41, 5.74) is 5.00. The Kier molecular flexibility index (Phi) is 6.05. The lowest BCUT2D eigenvalue weighted by Gasteiger charge is -2.27. The van der Waals surface area contributed by atoms with Crippen LogP contribution in [0.25, 0.3) is 28.1 Å². The summed E-state index contributed by atoms with van der Waals surface area (Å²) in [7, 11) is 0. The van der Waals surface area contributed by atoms with Crippen molar-refractivity contribution in [3.63, 3.8) is 0 Å². The van der Waals surface area contributed by atoms with Crippen LogP contribution in [0.4, 0.5) is 5.69 Å². The van der Waals surface area contributed by atoms with E-state index in [1.54, 1.807) is 35.2 Å². The van der Waals surface area contributed by atoms with E-state index in [1.165, 1.54) is 11.8 Å². The lowest BCUT2D eigenvalue weighted by atomic mass is 9.98. The van der Waals surface area contributed by atoms with E-state index in [4.69, 9.17) is 9.72 Å². The maximum atomic E-state index is 13.3. The Bertz CT molecular complexity index is 1620. The Morgan fingerprint density at radius 3 is 2.39 bits per heavy atom. The van der Waals surface area contributed by atoms with Crippen LogP contribution in [0.5, 0.6) is 0 Å². The van der Waals surface area contributed by atoms with Crippen LogP contribution in [0.15, 0.2) is 84.6 Å². The van der Waals surface area contributed by atoms with Crippen LogP contribution in [0, 0.1) is 0 Å². The monoisotopic (exact) mass is 503 g/mol. The number of allylic oxidation sites excluding steroid dienone is 1. The number of hydrogen-bond acceptors (Lipinski definition) is 5. The number of carbonyl (C=O) groups is 3. The molecule has 0 atom stereocenters. The summed E-state index contributed by atoms with van der Waals surface area (Å²) in [6, 6.07) is 24.4. The number of carbonyl (C=O) groups excluding carboxylic acids is 3. The third-order valence-electron chi connectivity index (χ3n) is 6.92. The first-order chi connectivity index (χ1) is 18.5. The molecule has 0 saturated carbocycles. The van der Waals surface area contributed by atoms with Gasteiger partial charge in [0.15, 0.2) is 0 Å². The molecule has 0 radical (unpaired) electrons. The van der Waals surface area contributed by atoms with Crippen LogP contribution >= 0.6 is 0 Å². The number of ketones is 1. The Morgan fingerprint density at radius 2 is 1.63 bits per heavy atom. The van der Waals surface area contributed by atoms with Crippen LogP contribution in [0.1, 0.15) is 33.3 Å². The second-order valence-corrected chi connectivity index (χ2v) is 9.33. The van der Waals surface area contributed by atoms with Gasteiger partial charge in [-0.1, -0.05) is 42.5 Å². The first kappa shape index (κ1) is 23.8. The van der Waals surface area contributed by atoms with Crippen LogP contribution in [-0.2, 0) is 9.53 Å². The molecule has 3 heterocycles. The molecule has 0 aliphatic carbocycles. The SMILES string of the molecule is CC(=O)N1/C(=C\c2cc(-c3ccccc3)c3cc(C(=O)N4CCOCC4)ccc3n2)C(=O)c2ccccc21. The van der Waals surface area contributed by atoms with E-state index in [0.717, 1.165) is 16.5 Å². The zero-order chi connectivity index (χ0) is 26.2. The van der Waals surface area contributed by atoms with Gasteiger partial charge in [0.1, 0.15) is 0 Å². The normalized spacial score (nSPS) is 16.2. The summed E-state index contributed by atoms with van der Waals surface area (Å²) in [5, 5.41) is 0.835. The quantitative estimate of drug-likeness (QED) is 0.369. The van der Waals surface area contributed by atoms with E-state index in [0.29, 0.717) is 54.3 Å². The summed E-state index contributed by atoms with van der Waals surface area (Å²) >= 11 is 0. The highest BCUT2D eigenvalue weighted by atomic mass is 16.5. The predicted octanol–water partition coefficient (Wildman–Crippen LogP) is 4.96. The molecule has 2 amide bonds. The molecule has 7 heteroatoms. The molecule has 2 aliphatic rings. The zero-order valence-electron chi connectivity index (χ0n) is 20.9. The molecular formula is C31H25N3O4. The van der Waals surface area contributed by atoms with Gasteiger partial charge in [0.05, 0.1) is 35.8 Å². The van der Waals surface area contributed by atoms with Gasteiger partial charge in [0.25, 0.3) is 5.91 Å². The summed E-state index contributed by atoms with van der Waals surface area (Å²) < 4.78 is 5.39. The predicted molar refractivity (Wildman–Crippen MR) is 146 cm³/mol. The van der Waals surface area contributed by atoms with E-state index in [9.17, 15) is 14.4 Å². The van der Waals surface area contributed by atoms with Gasteiger partial charge in [0, 0.05) is 36.5 Å². The molecule has 1 saturated heterocycles. The van der Waals surface area contributed by atoms with Crippen molar-refractivity contribution in [1.29, 1.82) is 0 Å². The second kappa shape index (κ2) is 9.68. The van der Waals surface area contributed by atoms with Gasteiger partial charge in [-0.15, -0.1) is 0 Å². The highest BCUT2D eigenvalue weighted by Crippen LogP contribution is 2.36. The van der Waals surface area contributed by atoms with Crippen molar-refractivity contribution in [2.45, 2.75) is 6.92 Å². The first-order valence-corrected chi connectivity index (χ1v) is 12.5. The van der Waals surface area contributed by atoms with Crippen molar-refractivity contribution in [3.8, 4) is 11.1 Å². The van der Waals surface area contributed by atoms with E-state index < -0.39 is 0 Å². The molecule has 4 aromatic rings. The van der Waals surface area contributed by atoms with Gasteiger partial charge in [-0.2, -0.15) is 0 Å². The minimum Gasteiger partial charge on any atom is -0.378 e. The number of anilines is 1. The molecular weight excluding hydrogens is 478 g/mol. The van der Waals surface area contributed by atoms with Gasteiger partial charge in [-0.25, -0.2) is 4.98 Å². The molecule has 2 aliphatic heterocycles. The van der Waals surface area contributed by atoms with Crippen LogP contribution in [-0.4, -0.2) is 53.8 Å². The Hall–Kier alpha value is -4.62. The Morgan fingerprint density at radius 1 is 0.895 bits per heavy atom. The minimum absolute atomic E-state index is 0.0353. The number of para-hydroxylation sites is 1. The van der Waals surface area contributed by atoms with Gasteiger partial charge < -0.3 is 9.64 Å². The van der Waals surface area contributed by atoms with Crippen molar-refractivity contribution >= 4 is 40.3 Å². The summed E-state index contributed by atoms with van der Waals surface area (Å²) in [5.74, 6) is -0.498. The largest absolute Gasteiger partial charge is 0.378 e. The average molecular weight is 504 g/mol. The smallest absolute Gasteiger partial charge is 0.254 e. The van der Waals surface area contributed by atoms with Gasteiger partial charge in [-0.05, 0) is 53.6 Å². The highest BCUT2D eigenvalue weighted by Gasteiger charge is 2.34. The first-order valence-electron chi connectivity index (χ1n) is 12.5. The average Bonchev–Trinajstić information content (AvgIpc) is 3.24. The molecule has 0 unspecified atom stereocenters. The topological polar surface area (TPSA) is 79.8 Å². The third-order valence-corrected chi connectivity index (χ3v) is 6.92. The molecule has 188 valence electrons. The van der Waals surface area contributed by atoms with Crippen LogP contribution in [0.3, 0.4) is 0 Å². The molecule has 3 aromatic carbocycles. The molecule has 7 nitrogen and oxygen atoms in total. The molecule has 38 heavy (non-hydrogen) atoms. The lowest BCUT2D eigenvalue weighted by molar-refractivity contribution is -0.116. The van der Waals surface area contributed by atoms with Gasteiger partial charge in [0.2, 0.25) is 11.7 Å². The van der Waals surface area contributed by atoms with E-state index in [-0.39, 0.29) is 23.3 Å². The molecule has 1 aromatic heterocycles. The summed E-state index contributed by atoms with van der Waals surface area (Å²) in [4.78, 5) is 47.1. The number of fused-ring (bicyclic) bond motifs is 2. The number of morpholine rings is 1. The fourth-order valence-electron chi connectivity index (χ4n) is 5.10. The van der Waals surface area contributed by atoms with E-state index in [2.05, 4.69) is 0 Å². The summed E-state index contributed by atoms with van der Waals surface area (Å²) in [6.07, 6.45) is 1.67. The zero-order valence-corrected chi connectivity index (χ0v) is 20.9. The number of pyridine rings is 1. The minimum atomic E-state index is -0.245. The van der Waals surface area contributed by atoms with E-state index in [1.807, 2.05) is 54.6 Å². The number of amides is 2. The van der Waals surface area contributed by atoms with Crippen molar-refractivity contribution in [2.75, 3.05) is 31.2 Å². The summed E-state index contributed by atoms with van der Waals surface area (Å²) in [6.45, 7) is 3.65. The van der Waals surface area contributed by atoms with E-state index >= 15 is 0 Å². The maximum absolute atomic E-state index is 13.3. The van der Waals surface area contributed by atoms with Gasteiger partial charge in [-0.3, -0.25) is 19.3 Å². The van der Waals surface area contributed by atoms with Crippen LogP contribution < -0.4 is 4.90 Å². The number of ether oxygens (including phenoxy) is 1.